The maximum absolute atomic E-state index is 13.1. The van der Waals surface area contributed by atoms with Crippen LogP contribution in [0.1, 0.15) is 0 Å². The lowest BCUT2D eigenvalue weighted by Crippen LogP contribution is -2.50. The zero-order valence-corrected chi connectivity index (χ0v) is 19.4. The van der Waals surface area contributed by atoms with Gasteiger partial charge in [-0.05, 0) is 0 Å². The summed E-state index contributed by atoms with van der Waals surface area (Å²) in [5.74, 6) is 0.452. The Balaban J connectivity index is 1.96. The van der Waals surface area contributed by atoms with E-state index in [1.165, 1.54) is 42.2 Å². The molecule has 3 N–H and O–H groups in total. The summed E-state index contributed by atoms with van der Waals surface area (Å²) in [5, 5.41) is 32.2. The molecule has 4 rings (SSSR count). The van der Waals surface area contributed by atoms with Crippen LogP contribution in [0.2, 0.25) is 0 Å². The van der Waals surface area contributed by atoms with Gasteiger partial charge in [-0.25, -0.2) is 19.6 Å². The number of aromatic nitrogens is 4. The first-order valence-corrected chi connectivity index (χ1v) is 10.6. The first-order chi connectivity index (χ1) is 16.0. The van der Waals surface area contributed by atoms with E-state index in [4.69, 9.17) is 0 Å². The third kappa shape index (κ3) is 3.23. The minimum Gasteiger partial charge on any atom is -0.395 e. The lowest BCUT2D eigenvalue weighted by molar-refractivity contribution is 0.100. The van der Waals surface area contributed by atoms with Crippen molar-refractivity contribution in [2.75, 3.05) is 59.5 Å². The van der Waals surface area contributed by atoms with Crippen LogP contribution in [-0.4, -0.2) is 79.3 Å². The third-order valence-electron chi connectivity index (χ3n) is 6.26. The van der Waals surface area contributed by atoms with Crippen molar-refractivity contribution < 1.29 is 15.3 Å². The molecule has 0 bridgehead atoms. The zero-order chi connectivity index (χ0) is 25.1. The average molecular weight is 480 g/mol. The summed E-state index contributed by atoms with van der Waals surface area (Å²) in [5.41, 5.74) is -1.95. The van der Waals surface area contributed by atoms with Crippen molar-refractivity contribution in [3.05, 3.63) is 41.7 Å². The number of fused-ring (bicyclic) bond motifs is 2. The minimum absolute atomic E-state index is 0.00523. The van der Waals surface area contributed by atoms with Gasteiger partial charge in [0.1, 0.15) is 24.7 Å². The molecule has 4 heterocycles. The molecule has 2 aliphatic rings. The van der Waals surface area contributed by atoms with Crippen LogP contribution in [0.5, 0.6) is 0 Å². The number of hydrogen-bond acceptors (Lipinski definition) is 11. The van der Waals surface area contributed by atoms with Crippen LogP contribution < -0.4 is 42.3 Å². The Labute approximate surface area is 192 Å². The van der Waals surface area contributed by atoms with Gasteiger partial charge in [0.2, 0.25) is 0 Å². The van der Waals surface area contributed by atoms with Gasteiger partial charge in [-0.3, -0.25) is 27.9 Å². The van der Waals surface area contributed by atoms with Gasteiger partial charge in [0.05, 0.1) is 19.3 Å². The highest BCUT2D eigenvalue weighted by atomic mass is 16.3. The first-order valence-electron chi connectivity index (χ1n) is 10.6. The minimum atomic E-state index is -1.15. The van der Waals surface area contributed by atoms with E-state index in [1.54, 1.807) is 14.9 Å². The Morgan fingerprint density at radius 2 is 1.18 bits per heavy atom. The molecule has 34 heavy (non-hydrogen) atoms. The SMILES string of the molecule is Cn1c2c(c(=O)n(C)c1=O)N(CCO)CN2N1CN(CC(O)CO)c2c1n(C)c(=O)n(C)c2=O. The summed E-state index contributed by atoms with van der Waals surface area (Å²) in [4.78, 5) is 54.7. The second-order valence-electron chi connectivity index (χ2n) is 8.38. The van der Waals surface area contributed by atoms with E-state index in [0.29, 0.717) is 0 Å². The van der Waals surface area contributed by atoms with Gasteiger partial charge >= 0.3 is 11.4 Å². The highest BCUT2D eigenvalue weighted by molar-refractivity contribution is 5.80. The molecule has 0 aliphatic carbocycles. The fraction of sp³-hybridized carbons (Fsp3) is 0.579. The van der Waals surface area contributed by atoms with Gasteiger partial charge < -0.3 is 25.1 Å². The standard InChI is InChI=1S/C19H28N8O7/c1-20-14-12(16(31)22(3)18(20)33)24(5-6-28)9-26(14)27-10-25(7-11(30)8-29)13-15(27)21(2)19(34)23(4)17(13)32/h11,28-30H,5-10H2,1-4H3. The van der Waals surface area contributed by atoms with Crippen LogP contribution in [0.25, 0.3) is 0 Å². The fourth-order valence-corrected chi connectivity index (χ4v) is 4.52. The molecule has 1 atom stereocenters. The smallest absolute Gasteiger partial charge is 0.332 e. The Morgan fingerprint density at radius 3 is 1.62 bits per heavy atom. The molecule has 0 aromatic carbocycles. The maximum Gasteiger partial charge on any atom is 0.332 e. The van der Waals surface area contributed by atoms with E-state index in [0.717, 1.165) is 9.13 Å². The third-order valence-corrected chi connectivity index (χ3v) is 6.26. The van der Waals surface area contributed by atoms with Gasteiger partial charge in [0.25, 0.3) is 11.1 Å². The quantitative estimate of drug-likeness (QED) is 0.366. The first kappa shape index (κ1) is 23.6. The molecule has 0 spiro atoms. The van der Waals surface area contributed by atoms with E-state index in [9.17, 15) is 34.5 Å². The van der Waals surface area contributed by atoms with Crippen LogP contribution in [0, 0.1) is 0 Å². The summed E-state index contributed by atoms with van der Waals surface area (Å²) >= 11 is 0. The molecule has 15 heteroatoms. The summed E-state index contributed by atoms with van der Waals surface area (Å²) in [6.07, 6.45) is -1.15. The normalized spacial score (nSPS) is 15.9. The van der Waals surface area contributed by atoms with E-state index in [1.807, 2.05) is 0 Å². The number of hydrogen-bond donors (Lipinski definition) is 3. The predicted molar refractivity (Wildman–Crippen MR) is 123 cm³/mol. The van der Waals surface area contributed by atoms with E-state index >= 15 is 0 Å². The number of aliphatic hydroxyl groups is 3. The number of aliphatic hydroxyl groups excluding tert-OH is 3. The number of anilines is 4. The van der Waals surface area contributed by atoms with Crippen molar-refractivity contribution in [3.63, 3.8) is 0 Å². The van der Waals surface area contributed by atoms with Gasteiger partial charge in [0.15, 0.2) is 11.6 Å². The Morgan fingerprint density at radius 1 is 0.735 bits per heavy atom. The average Bonchev–Trinajstić information content (AvgIpc) is 3.37. The monoisotopic (exact) mass is 480 g/mol. The van der Waals surface area contributed by atoms with Crippen LogP contribution in [0.3, 0.4) is 0 Å². The molecule has 0 saturated heterocycles. The Bertz CT molecular complexity index is 1370. The molecular weight excluding hydrogens is 452 g/mol. The highest BCUT2D eigenvalue weighted by Gasteiger charge is 2.42. The van der Waals surface area contributed by atoms with Gasteiger partial charge in [-0.1, -0.05) is 0 Å². The number of β-amino-alcohol motifs (C(OH)–C–C–N with tert-alkyl or cyclic N) is 2. The van der Waals surface area contributed by atoms with Crippen molar-refractivity contribution in [1.29, 1.82) is 0 Å². The molecular formula is C19H28N8O7. The zero-order valence-electron chi connectivity index (χ0n) is 19.4. The summed E-state index contributed by atoms with van der Waals surface area (Å²) < 4.78 is 4.48. The number of rotatable bonds is 6. The van der Waals surface area contributed by atoms with Crippen LogP contribution in [-0.2, 0) is 28.2 Å². The molecule has 0 fully saturated rings. The van der Waals surface area contributed by atoms with Crippen LogP contribution in [0.4, 0.5) is 23.0 Å². The Hall–Kier alpha value is -3.56. The van der Waals surface area contributed by atoms with E-state index < -0.39 is 35.2 Å². The summed E-state index contributed by atoms with van der Waals surface area (Å²) in [6, 6.07) is 0. The molecule has 2 aromatic heterocycles. The molecule has 0 amide bonds. The Kier molecular flexibility index (Phi) is 5.79. The second kappa shape index (κ2) is 8.34. The second-order valence-corrected chi connectivity index (χ2v) is 8.38. The van der Waals surface area contributed by atoms with Crippen LogP contribution in [0.15, 0.2) is 19.2 Å². The van der Waals surface area contributed by atoms with Crippen molar-refractivity contribution in [2.45, 2.75) is 6.10 Å². The molecule has 15 nitrogen and oxygen atoms in total. The molecule has 0 saturated carbocycles. The molecule has 2 aromatic rings. The topological polar surface area (TPSA) is 162 Å². The molecule has 0 radical (unpaired) electrons. The van der Waals surface area contributed by atoms with Crippen molar-refractivity contribution >= 4 is 23.0 Å². The van der Waals surface area contributed by atoms with E-state index in [-0.39, 0.29) is 56.0 Å². The molecule has 1 unspecified atom stereocenters. The van der Waals surface area contributed by atoms with Gasteiger partial charge in [-0.2, -0.15) is 0 Å². The number of hydrazine groups is 1. The van der Waals surface area contributed by atoms with Gasteiger partial charge in [-0.15, -0.1) is 0 Å². The largest absolute Gasteiger partial charge is 0.395 e. The van der Waals surface area contributed by atoms with Crippen molar-refractivity contribution in [1.82, 2.24) is 18.3 Å². The highest BCUT2D eigenvalue weighted by Crippen LogP contribution is 2.39. The van der Waals surface area contributed by atoms with Crippen molar-refractivity contribution in [3.8, 4) is 0 Å². The summed E-state index contributed by atoms with van der Waals surface area (Å²) in [7, 11) is 5.70. The van der Waals surface area contributed by atoms with Gasteiger partial charge in [0, 0.05) is 41.3 Å². The maximum atomic E-state index is 13.1. The predicted octanol–water partition coefficient (Wildman–Crippen LogP) is -4.39. The lowest BCUT2D eigenvalue weighted by Gasteiger charge is -2.33. The lowest BCUT2D eigenvalue weighted by atomic mass is 10.3. The van der Waals surface area contributed by atoms with Crippen molar-refractivity contribution in [2.24, 2.45) is 28.2 Å². The molecule has 186 valence electrons. The fourth-order valence-electron chi connectivity index (χ4n) is 4.52. The number of nitrogens with zero attached hydrogens (tertiary/aromatic N) is 8. The van der Waals surface area contributed by atoms with Crippen LogP contribution >= 0.6 is 0 Å². The van der Waals surface area contributed by atoms with E-state index in [2.05, 4.69) is 0 Å². The molecule has 2 aliphatic heterocycles. The summed E-state index contributed by atoms with van der Waals surface area (Å²) in [6.45, 7) is -0.705.